The summed E-state index contributed by atoms with van der Waals surface area (Å²) in [5.41, 5.74) is 3.64. The Morgan fingerprint density at radius 2 is 0.722 bits per heavy atom. The molecule has 0 spiro atoms. The van der Waals surface area contributed by atoms with Gasteiger partial charge in [-0.1, -0.05) is 216 Å². The summed E-state index contributed by atoms with van der Waals surface area (Å²) in [7, 11) is 0. The van der Waals surface area contributed by atoms with E-state index in [9.17, 15) is 29.7 Å². The number of benzene rings is 7. The van der Waals surface area contributed by atoms with Crippen molar-refractivity contribution in [3.05, 3.63) is 240 Å². The molecule has 5 atom stereocenters. The Morgan fingerprint density at radius 1 is 0.435 bits per heavy atom. The number of cyclic esters (lactones) is 1. The minimum Gasteiger partial charge on any atom is -0.440 e. The summed E-state index contributed by atoms with van der Waals surface area (Å²) in [6.07, 6.45) is 1.08. The average Bonchev–Trinajstić information content (AvgIpc) is 1.61. The van der Waals surface area contributed by atoms with E-state index in [1.54, 1.807) is 32.9 Å². The van der Waals surface area contributed by atoms with Crippen LogP contribution in [-0.2, 0) is 37.0 Å². The third-order valence-corrected chi connectivity index (χ3v) is 16.1. The van der Waals surface area contributed by atoms with E-state index in [4.69, 9.17) is 29.7 Å². The van der Waals surface area contributed by atoms with Crippen molar-refractivity contribution < 1.29 is 53.0 Å². The number of hydrogen-bond acceptors (Lipinski definition) is 13. The van der Waals surface area contributed by atoms with Gasteiger partial charge in [-0.3, -0.25) is 9.59 Å². The lowest BCUT2D eigenvalue weighted by molar-refractivity contribution is -0.175. The summed E-state index contributed by atoms with van der Waals surface area (Å²) >= 11 is 0. The molecule has 0 unspecified atom stereocenters. The summed E-state index contributed by atoms with van der Waals surface area (Å²) in [5.74, 6) is 86.3. The molecule has 9 aromatic rings. The van der Waals surface area contributed by atoms with E-state index in [0.717, 1.165) is 49.4 Å². The molecule has 0 bridgehead atoms. The highest BCUT2D eigenvalue weighted by Crippen LogP contribution is 2.45. The van der Waals surface area contributed by atoms with Crippen LogP contribution in [0.5, 0.6) is 0 Å². The number of rotatable bonds is 18. The molecule has 3 N–H and O–H groups in total. The zero-order valence-corrected chi connectivity index (χ0v) is 62.6. The highest BCUT2D eigenvalue weighted by atomic mass is 16.6. The van der Waals surface area contributed by atoms with Crippen LogP contribution in [0.25, 0.3) is 44.9 Å². The van der Waals surface area contributed by atoms with Crippen LogP contribution in [0.15, 0.2) is 221 Å². The van der Waals surface area contributed by atoms with Gasteiger partial charge in [-0.25, -0.2) is 9.69 Å². The predicted molar refractivity (Wildman–Crippen MR) is 439 cm³/mol. The summed E-state index contributed by atoms with van der Waals surface area (Å²) in [6, 6.07) is 65.6. The van der Waals surface area contributed by atoms with Crippen molar-refractivity contribution in [3.63, 3.8) is 0 Å². The lowest BCUT2D eigenvalue weighted by Crippen LogP contribution is -2.54. The molecule has 3 heterocycles. The monoisotopic (exact) mass is 1490 g/mol. The average molecular weight is 1490 g/mol. The quantitative estimate of drug-likeness (QED) is 0.0687. The molecule has 10 rings (SSSR count). The second-order valence-corrected chi connectivity index (χ2v) is 24.2. The molecule has 0 saturated carbocycles. The number of aliphatic hydroxyl groups excluding tert-OH is 3. The van der Waals surface area contributed by atoms with Gasteiger partial charge in [-0.15, -0.1) is 6.42 Å². The number of terminal acetylenes is 1. The number of amides is 2. The van der Waals surface area contributed by atoms with Gasteiger partial charge in [0.25, 0.3) is 5.91 Å². The summed E-state index contributed by atoms with van der Waals surface area (Å²) in [6.45, 7) is 7.38. The van der Waals surface area contributed by atoms with Crippen molar-refractivity contribution in [2.24, 2.45) is 0 Å². The van der Waals surface area contributed by atoms with E-state index in [1.807, 2.05) is 200 Å². The highest BCUT2D eigenvalue weighted by Gasteiger charge is 2.58. The normalized spacial score (nSPS) is 12.2. The van der Waals surface area contributed by atoms with Crippen LogP contribution < -0.4 is 0 Å². The number of aromatic nitrogens is 2. The Morgan fingerprint density at radius 3 is 1.04 bits per heavy atom. The third kappa shape index (κ3) is 26.1. The molecule has 0 radical (unpaired) electrons. The molecule has 115 heavy (non-hydrogen) atoms. The predicted octanol–water partition coefficient (Wildman–Crippen LogP) is 12.8. The van der Waals surface area contributed by atoms with Crippen LogP contribution in [-0.4, -0.2) is 71.7 Å². The van der Waals surface area contributed by atoms with Crippen LogP contribution in [0, 0.1) is 214 Å². The molecule has 2 amide bonds. The molecule has 14 nitrogen and oxygen atoms in total. The number of aliphatic hydroxyl groups is 3. The number of ether oxygens (including phenoxy) is 3. The Balaban J connectivity index is 0.000000219. The van der Waals surface area contributed by atoms with E-state index in [0.29, 0.717) is 17.1 Å². The van der Waals surface area contributed by atoms with Crippen LogP contribution in [0.4, 0.5) is 4.79 Å². The largest absolute Gasteiger partial charge is 0.440 e. The Labute approximate surface area is 670 Å². The molecule has 14 heteroatoms. The van der Waals surface area contributed by atoms with Gasteiger partial charge in [0.05, 0.1) is 13.2 Å². The Bertz CT molecular complexity index is 6250. The van der Waals surface area contributed by atoms with E-state index >= 15 is 0 Å². The summed E-state index contributed by atoms with van der Waals surface area (Å²) in [5, 5.41) is 40.4. The molecule has 1 fully saturated rings. The van der Waals surface area contributed by atoms with E-state index in [-0.39, 0.29) is 24.6 Å². The van der Waals surface area contributed by atoms with Crippen LogP contribution in [0.1, 0.15) is 80.9 Å². The zero-order valence-electron chi connectivity index (χ0n) is 62.6. The van der Waals surface area contributed by atoms with Gasteiger partial charge >= 0.3 is 6.09 Å². The number of hydrogen-bond donors (Lipinski definition) is 3. The van der Waals surface area contributed by atoms with E-state index in [1.165, 1.54) is 13.8 Å². The molecule has 2 aromatic heterocycles. The second-order valence-electron chi connectivity index (χ2n) is 24.2. The fourth-order valence-corrected chi connectivity index (χ4v) is 10.4. The lowest BCUT2D eigenvalue weighted by atomic mass is 9.88. The Kier molecular flexibility index (Phi) is 33.1. The first-order valence-corrected chi connectivity index (χ1v) is 34.7. The van der Waals surface area contributed by atoms with E-state index in [2.05, 4.69) is 218 Å². The molecular formula is C101H63N3O11. The van der Waals surface area contributed by atoms with Crippen LogP contribution >= 0.6 is 0 Å². The van der Waals surface area contributed by atoms with Gasteiger partial charge < -0.3 is 38.6 Å². The first kappa shape index (κ1) is 84.1. The smallest absolute Gasteiger partial charge is 0.417 e. The maximum Gasteiger partial charge on any atom is 0.417 e. The summed E-state index contributed by atoms with van der Waals surface area (Å²) in [4.78, 5) is 41.6. The molecule has 1 aliphatic heterocycles. The van der Waals surface area contributed by atoms with Gasteiger partial charge in [0.1, 0.15) is 41.8 Å². The number of Topliss-reactive ketones (excluding diaryl/α,β-unsaturated/α-hetero) is 1. The van der Waals surface area contributed by atoms with Crippen molar-refractivity contribution in [3.8, 4) is 259 Å². The molecular weight excluding hydrogens is 1430 g/mol. The van der Waals surface area contributed by atoms with Crippen LogP contribution in [0.2, 0.25) is 0 Å². The lowest BCUT2D eigenvalue weighted by Gasteiger charge is -2.37. The zero-order chi connectivity index (χ0) is 81.6. The van der Waals surface area contributed by atoms with Crippen molar-refractivity contribution in [1.82, 2.24) is 15.2 Å². The maximum absolute atomic E-state index is 14.6. The molecule has 0 aliphatic carbocycles. The third-order valence-electron chi connectivity index (χ3n) is 16.1. The fraction of sp³-hybridized carbons (Fsp3) is 0.139. The van der Waals surface area contributed by atoms with Gasteiger partial charge in [0.2, 0.25) is 0 Å². The summed E-state index contributed by atoms with van der Waals surface area (Å²) < 4.78 is 28.9. The van der Waals surface area contributed by atoms with Crippen molar-refractivity contribution in [1.29, 1.82) is 0 Å². The standard InChI is InChI=1S/C37H34N2O6.C37H4.C27H25NO5/c1-36(2)32(29-17-11-6-12-18-29)39(35(42)44-36)34(41)37(3,33(40)30-23-31(45-38-30)28-15-9-5-10-16-28)43-24-25-19-21-27(22-20-25)26-13-7-4-8-14-26;1-3-5-7-9-11-13-15-17-19-21-23-25-27-29-31-33-35-37-36-34-32-30-28-26-24-22-20-18-16-14-12-10-8-6-4-2;1-27(25(30)17-29,26(31)23-16-24(33-28-23)22-10-6-3-7-11-22)32-18-19-12-14-21(15-13-19)20-8-4-2-5-9-20/h4-23,32-33,40H,24H2,1-3H3;1H,2H3;2-16,26,29,31H,17-18H2,1H3/t32-,33-,37-;;26-,27+/m0.0/s1. The topological polar surface area (TPSA) is 195 Å². The Hall–Kier alpha value is -16.6. The van der Waals surface area contributed by atoms with Crippen molar-refractivity contribution in [2.75, 3.05) is 6.61 Å². The minimum absolute atomic E-state index is 0.0277. The SMILES string of the molecule is C#CC#CC#CC#CC#CC#CC#CC#CC#CC#CC#CC#CC#CC#CC#CC#CC#CC#CC.CC1(C)OC(=O)N(C(=O)[C@@](C)(OCc2ccc(-c3ccccc3)cc2)[C@@H](O)c2cc(-c3ccccc3)on2)[C@H]1c1ccccc1.C[C@@](OCc1ccc(-c2ccccc2)cc1)(C(=O)CO)[C@@H](O)c1cc(-c2ccccc2)on1. The first-order chi connectivity index (χ1) is 56.1. The number of nitrogens with zero attached hydrogens (tertiary/aromatic N) is 3. The van der Waals surface area contributed by atoms with Gasteiger partial charge in [-0.05, 0) is 168 Å². The van der Waals surface area contributed by atoms with E-state index < -0.39 is 59.4 Å². The highest BCUT2D eigenvalue weighted by molar-refractivity contribution is 5.99. The fourth-order valence-electron chi connectivity index (χ4n) is 10.4. The van der Waals surface area contributed by atoms with Crippen molar-refractivity contribution >= 4 is 17.8 Å². The molecule has 1 saturated heterocycles. The van der Waals surface area contributed by atoms with Gasteiger partial charge in [-0.2, -0.15) is 0 Å². The molecule has 7 aromatic carbocycles. The number of imide groups is 1. The minimum atomic E-state index is -1.96. The second kappa shape index (κ2) is 45.3. The molecule has 1 aliphatic rings. The van der Waals surface area contributed by atoms with Gasteiger partial charge in [0, 0.05) is 130 Å². The molecule has 548 valence electrons. The first-order valence-electron chi connectivity index (χ1n) is 34.7. The van der Waals surface area contributed by atoms with Crippen LogP contribution in [0.3, 0.4) is 0 Å². The van der Waals surface area contributed by atoms with Gasteiger partial charge in [0.15, 0.2) is 28.5 Å². The van der Waals surface area contributed by atoms with Crippen molar-refractivity contribution in [2.45, 2.75) is 82.9 Å². The number of carbonyl (C=O) groups excluding carboxylic acids is 3. The maximum atomic E-state index is 14.6. The number of ketones is 1. The number of carbonyl (C=O) groups is 3.